The fraction of sp³-hybridized carbons (Fsp3) is 0.125. The van der Waals surface area contributed by atoms with Crippen molar-refractivity contribution in [3.63, 3.8) is 0 Å². The first-order chi connectivity index (χ1) is 12.3. The number of alkyl halides is 4. The second kappa shape index (κ2) is 8.70. The Hall–Kier alpha value is -3.30. The molecule has 0 saturated carbocycles. The van der Waals surface area contributed by atoms with Gasteiger partial charge < -0.3 is 14.6 Å². The van der Waals surface area contributed by atoms with Gasteiger partial charge >= 0.3 is 19.2 Å². The van der Waals surface area contributed by atoms with Crippen LogP contribution < -0.4 is 14.9 Å². The molecular weight excluding hydrogens is 360 g/mol. The van der Waals surface area contributed by atoms with Gasteiger partial charge in [-0.05, 0) is 30.3 Å². The van der Waals surface area contributed by atoms with Gasteiger partial charge in [-0.1, -0.05) is 6.07 Å². The Kier molecular flexibility index (Phi) is 6.36. The van der Waals surface area contributed by atoms with Crippen molar-refractivity contribution < 1.29 is 36.9 Å². The summed E-state index contributed by atoms with van der Waals surface area (Å²) in [5, 5.41) is 12.7. The molecule has 2 aromatic rings. The topological polar surface area (TPSA) is 80.2 Å². The highest BCUT2D eigenvalue weighted by atomic mass is 19.3. The van der Waals surface area contributed by atoms with Gasteiger partial charge in [0.25, 0.3) is 0 Å². The van der Waals surface area contributed by atoms with E-state index < -0.39 is 24.9 Å². The number of halogens is 4. The molecule has 0 aromatic heterocycles. The SMILES string of the molecule is O=C(O)c1cccc(NN=Cc2ccc(OC(F)F)cc2OC(F)F)c1. The van der Waals surface area contributed by atoms with E-state index in [1.807, 2.05) is 0 Å². The normalized spacial score (nSPS) is 11.2. The van der Waals surface area contributed by atoms with E-state index in [4.69, 9.17) is 5.11 Å². The highest BCUT2D eigenvalue weighted by Crippen LogP contribution is 2.26. The first-order valence-electron chi connectivity index (χ1n) is 7.01. The number of benzene rings is 2. The van der Waals surface area contributed by atoms with Gasteiger partial charge in [0.2, 0.25) is 0 Å². The highest BCUT2D eigenvalue weighted by Gasteiger charge is 2.12. The van der Waals surface area contributed by atoms with E-state index in [0.29, 0.717) is 5.69 Å². The fourth-order valence-electron chi connectivity index (χ4n) is 1.89. The smallest absolute Gasteiger partial charge is 0.387 e. The molecule has 10 heteroatoms. The van der Waals surface area contributed by atoms with Gasteiger partial charge in [-0.2, -0.15) is 22.7 Å². The van der Waals surface area contributed by atoms with Crippen LogP contribution in [0.2, 0.25) is 0 Å². The number of hydrogen-bond acceptors (Lipinski definition) is 5. The molecule has 2 rings (SSSR count). The Balaban J connectivity index is 2.17. The van der Waals surface area contributed by atoms with Crippen molar-refractivity contribution in [3.05, 3.63) is 53.6 Å². The van der Waals surface area contributed by atoms with E-state index in [1.165, 1.54) is 24.3 Å². The standard InChI is InChI=1S/C16H12F4N2O4/c17-15(18)25-12-5-4-10(13(7-12)26-16(19)20)8-21-22-11-3-1-2-9(6-11)14(23)24/h1-8,15-16,22H,(H,23,24). The van der Waals surface area contributed by atoms with Crippen LogP contribution in [0.4, 0.5) is 23.2 Å². The van der Waals surface area contributed by atoms with Crippen LogP contribution >= 0.6 is 0 Å². The minimum atomic E-state index is -3.18. The number of hydrogen-bond donors (Lipinski definition) is 2. The average Bonchev–Trinajstić information content (AvgIpc) is 2.56. The third-order valence-corrected chi connectivity index (χ3v) is 2.93. The molecular formula is C16H12F4N2O4. The molecule has 0 saturated heterocycles. The number of carboxylic acids is 1. The molecule has 2 N–H and O–H groups in total. The van der Waals surface area contributed by atoms with E-state index in [9.17, 15) is 22.4 Å². The first-order valence-corrected chi connectivity index (χ1v) is 7.01. The molecule has 0 fully saturated rings. The van der Waals surface area contributed by atoms with Gasteiger partial charge in [0.15, 0.2) is 0 Å². The van der Waals surface area contributed by atoms with E-state index in [-0.39, 0.29) is 16.9 Å². The van der Waals surface area contributed by atoms with Gasteiger partial charge in [-0.15, -0.1) is 0 Å². The molecule has 0 bridgehead atoms. The average molecular weight is 372 g/mol. The van der Waals surface area contributed by atoms with E-state index in [0.717, 1.165) is 18.3 Å². The summed E-state index contributed by atoms with van der Waals surface area (Å²) in [6.07, 6.45) is 1.11. The summed E-state index contributed by atoms with van der Waals surface area (Å²) in [5.41, 5.74) is 2.96. The van der Waals surface area contributed by atoms with Crippen LogP contribution in [-0.4, -0.2) is 30.5 Å². The monoisotopic (exact) mass is 372 g/mol. The summed E-state index contributed by atoms with van der Waals surface area (Å²) in [4.78, 5) is 10.9. The maximum absolute atomic E-state index is 12.5. The maximum atomic E-state index is 12.5. The Morgan fingerprint density at radius 3 is 2.46 bits per heavy atom. The lowest BCUT2D eigenvalue weighted by Crippen LogP contribution is -2.07. The van der Waals surface area contributed by atoms with Gasteiger partial charge in [0, 0.05) is 11.6 Å². The van der Waals surface area contributed by atoms with Crippen molar-refractivity contribution in [2.75, 3.05) is 5.43 Å². The quantitative estimate of drug-likeness (QED) is 0.415. The molecule has 0 heterocycles. The zero-order valence-corrected chi connectivity index (χ0v) is 12.9. The third-order valence-electron chi connectivity index (χ3n) is 2.93. The molecule has 0 spiro atoms. The van der Waals surface area contributed by atoms with Crippen LogP contribution in [0.1, 0.15) is 15.9 Å². The zero-order chi connectivity index (χ0) is 19.1. The number of rotatable bonds is 8. The molecule has 0 amide bonds. The second-order valence-corrected chi connectivity index (χ2v) is 4.71. The molecule has 2 aromatic carbocycles. The molecule has 0 radical (unpaired) electrons. The molecule has 0 aliphatic carbocycles. The van der Waals surface area contributed by atoms with Gasteiger partial charge in [0.05, 0.1) is 17.5 Å². The van der Waals surface area contributed by atoms with Crippen LogP contribution in [0, 0.1) is 0 Å². The number of anilines is 1. The van der Waals surface area contributed by atoms with Crippen LogP contribution in [-0.2, 0) is 0 Å². The Morgan fingerprint density at radius 2 is 1.81 bits per heavy atom. The summed E-state index contributed by atoms with van der Waals surface area (Å²) in [7, 11) is 0. The largest absolute Gasteiger partial charge is 0.478 e. The number of carbonyl (C=O) groups is 1. The predicted molar refractivity (Wildman–Crippen MR) is 84.3 cm³/mol. The lowest BCUT2D eigenvalue weighted by atomic mass is 10.2. The van der Waals surface area contributed by atoms with Crippen molar-refractivity contribution in [1.29, 1.82) is 0 Å². The van der Waals surface area contributed by atoms with Gasteiger partial charge in [0.1, 0.15) is 11.5 Å². The molecule has 138 valence electrons. The number of nitrogens with zero attached hydrogens (tertiary/aromatic N) is 1. The maximum Gasteiger partial charge on any atom is 0.387 e. The minimum Gasteiger partial charge on any atom is -0.478 e. The lowest BCUT2D eigenvalue weighted by Gasteiger charge is -2.11. The Morgan fingerprint density at radius 1 is 1.08 bits per heavy atom. The summed E-state index contributed by atoms with van der Waals surface area (Å²) in [6.45, 7) is -6.29. The fourth-order valence-corrected chi connectivity index (χ4v) is 1.89. The molecule has 26 heavy (non-hydrogen) atoms. The molecule has 6 nitrogen and oxygen atoms in total. The molecule has 0 atom stereocenters. The lowest BCUT2D eigenvalue weighted by molar-refractivity contribution is -0.0543. The van der Waals surface area contributed by atoms with E-state index in [1.54, 1.807) is 6.07 Å². The molecule has 0 unspecified atom stereocenters. The van der Waals surface area contributed by atoms with Gasteiger partial charge in [-0.25, -0.2) is 4.79 Å². The van der Waals surface area contributed by atoms with Crippen LogP contribution in [0.25, 0.3) is 0 Å². The third kappa shape index (κ3) is 5.65. The van der Waals surface area contributed by atoms with Crippen LogP contribution in [0.3, 0.4) is 0 Å². The minimum absolute atomic E-state index is 0.0282. The summed E-state index contributed by atoms with van der Waals surface area (Å²) in [5.74, 6) is -1.89. The van der Waals surface area contributed by atoms with Crippen molar-refractivity contribution in [2.24, 2.45) is 5.10 Å². The number of ether oxygens (including phenoxy) is 2. The number of aromatic carboxylic acids is 1. The van der Waals surface area contributed by atoms with Crippen molar-refractivity contribution in [1.82, 2.24) is 0 Å². The molecule has 0 aliphatic heterocycles. The predicted octanol–water partition coefficient (Wildman–Crippen LogP) is 4.03. The van der Waals surface area contributed by atoms with E-state index >= 15 is 0 Å². The van der Waals surface area contributed by atoms with E-state index in [2.05, 4.69) is 20.0 Å². The summed E-state index contributed by atoms with van der Waals surface area (Å²) < 4.78 is 57.8. The van der Waals surface area contributed by atoms with Crippen molar-refractivity contribution in [2.45, 2.75) is 13.2 Å². The number of hydrazone groups is 1. The summed E-state index contributed by atoms with van der Waals surface area (Å²) in [6, 6.07) is 8.95. The van der Waals surface area contributed by atoms with Gasteiger partial charge in [-0.3, -0.25) is 5.43 Å². The zero-order valence-electron chi connectivity index (χ0n) is 12.9. The Labute approximate surface area is 144 Å². The summed E-state index contributed by atoms with van der Waals surface area (Å²) >= 11 is 0. The Bertz CT molecular complexity index is 800. The van der Waals surface area contributed by atoms with Crippen LogP contribution in [0.15, 0.2) is 47.6 Å². The first kappa shape index (κ1) is 19.0. The molecule has 0 aliphatic rings. The number of nitrogens with one attached hydrogen (secondary N) is 1. The highest BCUT2D eigenvalue weighted by molar-refractivity contribution is 5.89. The van der Waals surface area contributed by atoms with Crippen LogP contribution in [0.5, 0.6) is 11.5 Å². The number of carboxylic acid groups (broad SMARTS) is 1. The van der Waals surface area contributed by atoms with Crippen molar-refractivity contribution in [3.8, 4) is 11.5 Å². The second-order valence-electron chi connectivity index (χ2n) is 4.71. The van der Waals surface area contributed by atoms with Crippen molar-refractivity contribution >= 4 is 17.9 Å².